The molecule has 2 bridgehead atoms. The fraction of sp³-hybridized carbons (Fsp3) is 0.480. The highest BCUT2D eigenvalue weighted by molar-refractivity contribution is 5.93. The molecule has 1 aromatic rings. The molecule has 0 aromatic heterocycles. The molecule has 0 unspecified atom stereocenters. The minimum absolute atomic E-state index is 0.0776. The van der Waals surface area contributed by atoms with Gasteiger partial charge in [-0.1, -0.05) is 99.7 Å². The predicted molar refractivity (Wildman–Crippen MR) is 232 cm³/mol. The van der Waals surface area contributed by atoms with E-state index in [9.17, 15) is 28.8 Å². The van der Waals surface area contributed by atoms with Gasteiger partial charge in [0.15, 0.2) is 17.3 Å². The molecular formula is C50H68O6. The van der Waals surface area contributed by atoms with E-state index >= 15 is 0 Å². The Hall–Kier alpha value is -4.58. The summed E-state index contributed by atoms with van der Waals surface area (Å²) in [5, 5.41) is 0. The maximum atomic E-state index is 10.6. The third-order valence-electron chi connectivity index (χ3n) is 11.4. The van der Waals surface area contributed by atoms with E-state index in [-0.39, 0.29) is 17.3 Å². The number of hydrogen-bond acceptors (Lipinski definition) is 6. The summed E-state index contributed by atoms with van der Waals surface area (Å²) in [6, 6.07) is 9.75. The molecule has 0 saturated heterocycles. The summed E-state index contributed by atoms with van der Waals surface area (Å²) in [4.78, 5) is 62.5. The zero-order valence-electron chi connectivity index (χ0n) is 35.7. The second-order valence-electron chi connectivity index (χ2n) is 15.9. The third kappa shape index (κ3) is 17.9. The molecule has 304 valence electrons. The number of carbonyl (C=O) groups is 6. The summed E-state index contributed by atoms with van der Waals surface area (Å²) in [5.41, 5.74) is 7.58. The van der Waals surface area contributed by atoms with Crippen molar-refractivity contribution in [1.29, 1.82) is 0 Å². The fourth-order valence-electron chi connectivity index (χ4n) is 6.95. The molecule has 7 rings (SSSR count). The van der Waals surface area contributed by atoms with Gasteiger partial charge < -0.3 is 0 Å². The Balaban J connectivity index is 0.000000339. The summed E-state index contributed by atoms with van der Waals surface area (Å²) in [5.74, 6) is 3.03. The SMILES string of the molecule is C/C=C(\C)C(C)=O.C=C(C)[C@@H]1CC=C(C=O)CC1.CC(=O)/C=C/c1ccccc1.CC(=O)C1=CCCC1.CC1(C)[C@H]2CC=C(C=O)[C@@H]1C2.C[C@H]1CCC=C1C=O. The maximum Gasteiger partial charge on any atom is 0.155 e. The summed E-state index contributed by atoms with van der Waals surface area (Å²) in [6.07, 6.45) is 27.3. The monoisotopic (exact) mass is 765 g/mol. The van der Waals surface area contributed by atoms with Crippen LogP contribution in [0.2, 0.25) is 0 Å². The van der Waals surface area contributed by atoms with Gasteiger partial charge in [0, 0.05) is 0 Å². The number of fused-ring (bicyclic) bond motifs is 1. The molecule has 6 aliphatic carbocycles. The Morgan fingerprint density at radius 3 is 1.77 bits per heavy atom. The summed E-state index contributed by atoms with van der Waals surface area (Å²) < 4.78 is 0. The van der Waals surface area contributed by atoms with Crippen molar-refractivity contribution in [2.75, 3.05) is 0 Å². The smallest absolute Gasteiger partial charge is 0.155 e. The summed E-state index contributed by atoms with van der Waals surface area (Å²) in [6.45, 7) is 21.0. The van der Waals surface area contributed by atoms with Crippen molar-refractivity contribution in [3.63, 3.8) is 0 Å². The van der Waals surface area contributed by atoms with Crippen molar-refractivity contribution in [2.24, 2.45) is 29.1 Å². The van der Waals surface area contributed by atoms with E-state index in [1.54, 1.807) is 26.8 Å². The number of rotatable bonds is 8. The Labute approximate surface area is 338 Å². The van der Waals surface area contributed by atoms with Crippen LogP contribution in [0, 0.1) is 29.1 Å². The van der Waals surface area contributed by atoms with E-state index in [0.29, 0.717) is 23.2 Å². The molecule has 0 aliphatic heterocycles. The van der Waals surface area contributed by atoms with Crippen molar-refractivity contribution in [2.45, 2.75) is 127 Å². The van der Waals surface area contributed by atoms with Crippen LogP contribution in [0.25, 0.3) is 6.08 Å². The Kier molecular flexibility index (Phi) is 23.2. The first-order valence-electron chi connectivity index (χ1n) is 20.2. The molecule has 1 saturated carbocycles. The van der Waals surface area contributed by atoms with E-state index in [1.807, 2.05) is 74.6 Å². The highest BCUT2D eigenvalue weighted by Crippen LogP contribution is 2.58. The number of aldehydes is 3. The van der Waals surface area contributed by atoms with E-state index in [2.05, 4.69) is 40.3 Å². The molecule has 6 nitrogen and oxygen atoms in total. The highest BCUT2D eigenvalue weighted by Gasteiger charge is 2.51. The quantitative estimate of drug-likeness (QED) is 0.148. The van der Waals surface area contributed by atoms with Gasteiger partial charge in [0.05, 0.1) is 0 Å². The lowest BCUT2D eigenvalue weighted by molar-refractivity contribution is -0.114. The van der Waals surface area contributed by atoms with Crippen molar-refractivity contribution in [3.05, 3.63) is 112 Å². The average molecular weight is 765 g/mol. The van der Waals surface area contributed by atoms with Crippen LogP contribution in [-0.4, -0.2) is 36.2 Å². The Morgan fingerprint density at radius 2 is 1.45 bits per heavy atom. The normalized spacial score (nSPS) is 22.4. The second kappa shape index (κ2) is 26.3. The van der Waals surface area contributed by atoms with Crippen LogP contribution in [0.1, 0.15) is 132 Å². The van der Waals surface area contributed by atoms with Crippen LogP contribution < -0.4 is 0 Å². The zero-order valence-corrected chi connectivity index (χ0v) is 35.7. The molecule has 6 aliphatic rings. The number of carbonyl (C=O) groups excluding carboxylic acids is 6. The van der Waals surface area contributed by atoms with Gasteiger partial charge in [-0.2, -0.15) is 0 Å². The molecule has 56 heavy (non-hydrogen) atoms. The van der Waals surface area contributed by atoms with E-state index in [0.717, 1.165) is 110 Å². The first-order valence-corrected chi connectivity index (χ1v) is 20.2. The number of hydrogen-bond donors (Lipinski definition) is 0. The maximum absolute atomic E-state index is 10.6. The van der Waals surface area contributed by atoms with Gasteiger partial charge in [-0.05, 0) is 174 Å². The van der Waals surface area contributed by atoms with Gasteiger partial charge in [-0.15, -0.1) is 0 Å². The van der Waals surface area contributed by atoms with Crippen molar-refractivity contribution in [1.82, 2.24) is 0 Å². The van der Waals surface area contributed by atoms with Gasteiger partial charge in [-0.3, -0.25) is 28.8 Å². The molecule has 6 heteroatoms. The van der Waals surface area contributed by atoms with E-state index < -0.39 is 0 Å². The van der Waals surface area contributed by atoms with Crippen LogP contribution in [0.3, 0.4) is 0 Å². The number of allylic oxidation sites excluding steroid dienone is 12. The Morgan fingerprint density at radius 1 is 0.786 bits per heavy atom. The molecule has 0 heterocycles. The number of ketones is 3. The molecule has 1 fully saturated rings. The van der Waals surface area contributed by atoms with Crippen molar-refractivity contribution >= 4 is 42.3 Å². The van der Waals surface area contributed by atoms with Crippen LogP contribution in [0.4, 0.5) is 0 Å². The second-order valence-corrected chi connectivity index (χ2v) is 15.9. The topological polar surface area (TPSA) is 102 Å². The van der Waals surface area contributed by atoms with Gasteiger partial charge in [0.2, 0.25) is 0 Å². The van der Waals surface area contributed by atoms with Crippen LogP contribution in [-0.2, 0) is 28.8 Å². The number of Topliss-reactive ketones (excluding diaryl/α,β-unsaturated/α-hetero) is 2. The highest BCUT2D eigenvalue weighted by atomic mass is 16.1. The van der Waals surface area contributed by atoms with Crippen LogP contribution in [0.5, 0.6) is 0 Å². The van der Waals surface area contributed by atoms with Gasteiger partial charge in [-0.25, -0.2) is 0 Å². The minimum atomic E-state index is 0.0776. The lowest BCUT2D eigenvalue weighted by Crippen LogP contribution is -2.48. The molecule has 1 aromatic carbocycles. The summed E-state index contributed by atoms with van der Waals surface area (Å²) in [7, 11) is 0. The number of benzene rings is 1. The van der Waals surface area contributed by atoms with E-state index in [4.69, 9.17) is 0 Å². The zero-order chi connectivity index (χ0) is 42.3. The molecule has 4 atom stereocenters. The standard InChI is InChI=1S/2C10H14O.C10H10O.2C7H10O.C6H10O/c1-10(2)8-4-3-7(6-11)9(10)5-8;1-8(2)10-5-3-9(7-11)4-6-10;1-9(11)7-8-10-5-3-2-4-6-10;1-6-3-2-4-7(6)5-8;1-6(8)7-4-2-3-5-7;1-4-5(2)6(3)7/h3,6,8-9H,4-5H2,1-2H3;3,7,10H,1,4-6H2,2H3;2-8H,1H3;4-6H,2-3H2,1H3;4H,2-3,5H2,1H3;4H,1-3H3/b;;8-7+;;;5-4+/t8-,9-;10-;;6-;;/m01.0../s1. The fourth-order valence-corrected chi connectivity index (χ4v) is 6.95. The lowest BCUT2D eigenvalue weighted by Gasteiger charge is -2.55. The molecule has 0 radical (unpaired) electrons. The van der Waals surface area contributed by atoms with E-state index in [1.165, 1.54) is 18.4 Å². The van der Waals surface area contributed by atoms with Crippen LogP contribution in [0.15, 0.2) is 107 Å². The summed E-state index contributed by atoms with van der Waals surface area (Å²) >= 11 is 0. The molecule has 0 amide bonds. The average Bonchev–Trinajstić information content (AvgIpc) is 3.91. The molecule has 0 spiro atoms. The first kappa shape index (κ1) is 49.4. The van der Waals surface area contributed by atoms with Gasteiger partial charge in [0.1, 0.15) is 18.9 Å². The first-order chi connectivity index (χ1) is 26.5. The van der Waals surface area contributed by atoms with Gasteiger partial charge >= 0.3 is 0 Å². The van der Waals surface area contributed by atoms with Crippen LogP contribution >= 0.6 is 0 Å². The Bertz CT molecular complexity index is 1670. The van der Waals surface area contributed by atoms with Gasteiger partial charge in [0.25, 0.3) is 0 Å². The predicted octanol–water partition coefficient (Wildman–Crippen LogP) is 11.7. The minimum Gasteiger partial charge on any atom is -0.298 e. The van der Waals surface area contributed by atoms with Crippen molar-refractivity contribution in [3.8, 4) is 0 Å². The van der Waals surface area contributed by atoms with Crippen molar-refractivity contribution < 1.29 is 28.8 Å². The largest absolute Gasteiger partial charge is 0.298 e. The lowest BCUT2D eigenvalue weighted by atomic mass is 9.49. The molecular weight excluding hydrogens is 697 g/mol. The third-order valence-corrected chi connectivity index (χ3v) is 11.4. The molecule has 0 N–H and O–H groups in total.